The molecule has 2 N–H and O–H groups in total. The van der Waals surface area contributed by atoms with Crippen LogP contribution < -0.4 is 5.73 Å². The smallest absolute Gasteiger partial charge is 0.0989 e. The van der Waals surface area contributed by atoms with Crippen molar-refractivity contribution >= 4 is 11.8 Å². The molecule has 1 heterocycles. The van der Waals surface area contributed by atoms with Crippen LogP contribution in [-0.2, 0) is 6.42 Å². The molecule has 0 saturated carbocycles. The minimum atomic E-state index is 0.753. The van der Waals surface area contributed by atoms with Crippen molar-refractivity contribution in [2.45, 2.75) is 17.9 Å². The Bertz CT molecular complexity index is 238. The molecule has 0 saturated heterocycles. The summed E-state index contributed by atoms with van der Waals surface area (Å²) in [5.74, 6) is 0. The van der Waals surface area contributed by atoms with Gasteiger partial charge in [-0.25, -0.2) is 4.98 Å². The Morgan fingerprint density at radius 3 is 3.08 bits per heavy atom. The second kappa shape index (κ2) is 5.17. The summed E-state index contributed by atoms with van der Waals surface area (Å²) in [4.78, 5) is 4.27. The number of aryl methyl sites for hydroxylation is 1. The van der Waals surface area contributed by atoms with Gasteiger partial charge in [-0.3, -0.25) is 0 Å². The highest BCUT2D eigenvalue weighted by atomic mass is 32.2. The molecule has 0 amide bonds. The molecule has 0 atom stereocenters. The van der Waals surface area contributed by atoms with E-state index in [0.717, 1.165) is 24.4 Å². The third-order valence-electron chi connectivity index (χ3n) is 1.69. The molecule has 66 valence electrons. The fourth-order valence-electron chi connectivity index (χ4n) is 1.09. The summed E-state index contributed by atoms with van der Waals surface area (Å²) in [5.41, 5.74) is 6.76. The fraction of sp³-hybridized carbons (Fsp3) is 0.444. The molecule has 1 aromatic rings. The van der Waals surface area contributed by atoms with Crippen LogP contribution in [0.3, 0.4) is 0 Å². The molecule has 0 spiro atoms. The van der Waals surface area contributed by atoms with Crippen molar-refractivity contribution in [3.63, 3.8) is 0 Å². The van der Waals surface area contributed by atoms with E-state index in [-0.39, 0.29) is 0 Å². The Morgan fingerprint density at radius 2 is 2.42 bits per heavy atom. The van der Waals surface area contributed by atoms with Crippen molar-refractivity contribution in [1.82, 2.24) is 4.98 Å². The highest BCUT2D eigenvalue weighted by Gasteiger charge is 1.99. The zero-order chi connectivity index (χ0) is 8.81. The number of nitrogens with zero attached hydrogens (tertiary/aromatic N) is 1. The number of rotatable bonds is 4. The van der Waals surface area contributed by atoms with E-state index in [9.17, 15) is 0 Å². The van der Waals surface area contributed by atoms with Gasteiger partial charge in [0.1, 0.15) is 0 Å². The van der Waals surface area contributed by atoms with Gasteiger partial charge in [0.15, 0.2) is 0 Å². The number of pyridine rings is 1. The van der Waals surface area contributed by atoms with E-state index in [1.807, 2.05) is 18.5 Å². The number of thioether (sulfide) groups is 1. The Morgan fingerprint density at radius 1 is 1.58 bits per heavy atom. The second-order valence-electron chi connectivity index (χ2n) is 2.56. The first-order chi connectivity index (χ1) is 5.88. The molecule has 1 aromatic heterocycles. The van der Waals surface area contributed by atoms with Crippen LogP contribution in [0.25, 0.3) is 0 Å². The lowest BCUT2D eigenvalue weighted by molar-refractivity contribution is 0.809. The van der Waals surface area contributed by atoms with Gasteiger partial charge < -0.3 is 5.73 Å². The Labute approximate surface area is 77.6 Å². The minimum Gasteiger partial charge on any atom is -0.330 e. The molecule has 2 nitrogen and oxygen atoms in total. The summed E-state index contributed by atoms with van der Waals surface area (Å²) in [7, 11) is 0. The molecule has 0 aliphatic heterocycles. The van der Waals surface area contributed by atoms with Crippen LogP contribution in [-0.4, -0.2) is 17.8 Å². The van der Waals surface area contributed by atoms with Crippen molar-refractivity contribution in [3.05, 3.63) is 23.9 Å². The SMILES string of the molecule is CSc1ncccc1CCCN. The van der Waals surface area contributed by atoms with Crippen LogP contribution in [0.1, 0.15) is 12.0 Å². The van der Waals surface area contributed by atoms with E-state index < -0.39 is 0 Å². The van der Waals surface area contributed by atoms with E-state index in [4.69, 9.17) is 5.73 Å². The fourth-order valence-corrected chi connectivity index (χ4v) is 1.69. The lowest BCUT2D eigenvalue weighted by Gasteiger charge is -2.03. The van der Waals surface area contributed by atoms with Gasteiger partial charge in [0.2, 0.25) is 0 Å². The third kappa shape index (κ3) is 2.50. The van der Waals surface area contributed by atoms with E-state index in [0.29, 0.717) is 0 Å². The van der Waals surface area contributed by atoms with Crippen LogP contribution in [0.5, 0.6) is 0 Å². The van der Waals surface area contributed by atoms with E-state index in [1.165, 1.54) is 5.56 Å². The van der Waals surface area contributed by atoms with Gasteiger partial charge in [0.05, 0.1) is 5.03 Å². The Balaban J connectivity index is 2.68. The molecule has 0 fully saturated rings. The Kier molecular flexibility index (Phi) is 4.11. The van der Waals surface area contributed by atoms with Gasteiger partial charge in [0, 0.05) is 6.20 Å². The topological polar surface area (TPSA) is 38.9 Å². The van der Waals surface area contributed by atoms with Crippen molar-refractivity contribution in [1.29, 1.82) is 0 Å². The van der Waals surface area contributed by atoms with Crippen LogP contribution in [0, 0.1) is 0 Å². The summed E-state index contributed by atoms with van der Waals surface area (Å²) >= 11 is 1.69. The molecule has 0 aliphatic carbocycles. The predicted octanol–water partition coefficient (Wildman–Crippen LogP) is 1.69. The number of nitrogens with two attached hydrogens (primary N) is 1. The molecule has 1 rings (SSSR count). The van der Waals surface area contributed by atoms with E-state index >= 15 is 0 Å². The van der Waals surface area contributed by atoms with E-state index in [2.05, 4.69) is 11.1 Å². The van der Waals surface area contributed by atoms with Crippen molar-refractivity contribution < 1.29 is 0 Å². The normalized spacial score (nSPS) is 10.2. The molecule has 0 radical (unpaired) electrons. The first kappa shape index (κ1) is 9.55. The maximum Gasteiger partial charge on any atom is 0.0989 e. The first-order valence-electron chi connectivity index (χ1n) is 4.06. The van der Waals surface area contributed by atoms with Crippen molar-refractivity contribution in [3.8, 4) is 0 Å². The molecule has 0 unspecified atom stereocenters. The van der Waals surface area contributed by atoms with Crippen LogP contribution in [0.4, 0.5) is 0 Å². The maximum absolute atomic E-state index is 5.44. The van der Waals surface area contributed by atoms with Gasteiger partial charge in [-0.1, -0.05) is 6.07 Å². The largest absolute Gasteiger partial charge is 0.330 e. The monoisotopic (exact) mass is 182 g/mol. The molecular weight excluding hydrogens is 168 g/mol. The molecule has 0 bridgehead atoms. The lowest BCUT2D eigenvalue weighted by atomic mass is 10.2. The zero-order valence-electron chi connectivity index (χ0n) is 7.29. The number of aromatic nitrogens is 1. The van der Waals surface area contributed by atoms with Crippen LogP contribution in [0.15, 0.2) is 23.4 Å². The highest BCUT2D eigenvalue weighted by Crippen LogP contribution is 2.17. The zero-order valence-corrected chi connectivity index (χ0v) is 8.10. The predicted molar refractivity (Wildman–Crippen MR) is 53.4 cm³/mol. The quantitative estimate of drug-likeness (QED) is 0.720. The number of hydrogen-bond acceptors (Lipinski definition) is 3. The lowest BCUT2D eigenvalue weighted by Crippen LogP contribution is -2.01. The van der Waals surface area contributed by atoms with Gasteiger partial charge in [-0.2, -0.15) is 0 Å². The summed E-state index contributed by atoms with van der Waals surface area (Å²) in [6, 6.07) is 4.10. The van der Waals surface area contributed by atoms with Gasteiger partial charge in [-0.15, -0.1) is 11.8 Å². The minimum absolute atomic E-state index is 0.753. The highest BCUT2D eigenvalue weighted by molar-refractivity contribution is 7.98. The Hall–Kier alpha value is -0.540. The molecule has 0 aliphatic rings. The summed E-state index contributed by atoms with van der Waals surface area (Å²) in [5, 5.41) is 1.13. The standard InChI is InChI=1S/C9H14N2S/c1-12-9-8(4-2-6-10)5-3-7-11-9/h3,5,7H,2,4,6,10H2,1H3. The first-order valence-corrected chi connectivity index (χ1v) is 5.29. The van der Waals surface area contributed by atoms with Gasteiger partial charge in [0.25, 0.3) is 0 Å². The molecule has 0 aromatic carbocycles. The van der Waals surface area contributed by atoms with Crippen LogP contribution >= 0.6 is 11.8 Å². The maximum atomic E-state index is 5.44. The molecule has 12 heavy (non-hydrogen) atoms. The van der Waals surface area contributed by atoms with Crippen LogP contribution in [0.2, 0.25) is 0 Å². The molecular formula is C9H14N2S. The summed E-state index contributed by atoms with van der Waals surface area (Å²) < 4.78 is 0. The van der Waals surface area contributed by atoms with Gasteiger partial charge in [-0.05, 0) is 37.3 Å². The average molecular weight is 182 g/mol. The number of hydrogen-bond donors (Lipinski definition) is 1. The summed E-state index contributed by atoms with van der Waals surface area (Å²) in [6.07, 6.45) is 5.96. The second-order valence-corrected chi connectivity index (χ2v) is 3.36. The van der Waals surface area contributed by atoms with Gasteiger partial charge >= 0.3 is 0 Å². The average Bonchev–Trinajstić information content (AvgIpc) is 2.15. The van der Waals surface area contributed by atoms with E-state index in [1.54, 1.807) is 11.8 Å². The molecule has 3 heteroatoms. The van der Waals surface area contributed by atoms with Crippen molar-refractivity contribution in [2.75, 3.05) is 12.8 Å². The third-order valence-corrected chi connectivity index (χ3v) is 2.45. The van der Waals surface area contributed by atoms with Crippen molar-refractivity contribution in [2.24, 2.45) is 5.73 Å². The summed E-state index contributed by atoms with van der Waals surface area (Å²) in [6.45, 7) is 0.753.